The second-order valence-corrected chi connectivity index (χ2v) is 4.16. The Morgan fingerprint density at radius 2 is 1.88 bits per heavy atom. The average Bonchev–Trinajstić information content (AvgIpc) is 2.38. The van der Waals surface area contributed by atoms with E-state index in [-0.39, 0.29) is 6.61 Å². The van der Waals surface area contributed by atoms with E-state index >= 15 is 0 Å². The zero-order valence-electron chi connectivity index (χ0n) is 9.52. The molecule has 16 heavy (non-hydrogen) atoms. The highest BCUT2D eigenvalue weighted by molar-refractivity contribution is 5.74. The molecule has 0 spiro atoms. The molecule has 1 aliphatic carbocycles. The van der Waals surface area contributed by atoms with Crippen LogP contribution in [-0.4, -0.2) is 11.7 Å². The Labute approximate surface area is 97.1 Å². The third kappa shape index (κ3) is 2.83. The number of allylic oxidation sites excluding steroid dienone is 4. The van der Waals surface area contributed by atoms with E-state index in [4.69, 9.17) is 5.11 Å². The molecule has 0 saturated heterocycles. The van der Waals surface area contributed by atoms with Crippen molar-refractivity contribution in [3.63, 3.8) is 0 Å². The summed E-state index contributed by atoms with van der Waals surface area (Å²) in [7, 11) is 0. The van der Waals surface area contributed by atoms with Crippen molar-refractivity contribution in [2.45, 2.75) is 25.7 Å². The van der Waals surface area contributed by atoms with Crippen LogP contribution < -0.4 is 0 Å². The van der Waals surface area contributed by atoms with Gasteiger partial charge in [0.05, 0.1) is 0 Å². The fraction of sp³-hybridized carbons (Fsp3) is 0.333. The van der Waals surface area contributed by atoms with Crippen LogP contribution in [0, 0.1) is 0 Å². The molecular formula is C15H18O. The molecule has 1 aromatic rings. The third-order valence-corrected chi connectivity index (χ3v) is 2.91. The lowest BCUT2D eigenvalue weighted by atomic mass is 9.98. The smallest absolute Gasteiger partial charge is 0.0434 e. The summed E-state index contributed by atoms with van der Waals surface area (Å²) in [5.74, 6) is 0. The van der Waals surface area contributed by atoms with Crippen LogP contribution in [0.3, 0.4) is 0 Å². The van der Waals surface area contributed by atoms with Crippen LogP contribution in [0.2, 0.25) is 0 Å². The van der Waals surface area contributed by atoms with E-state index in [0.29, 0.717) is 0 Å². The number of benzene rings is 1. The predicted molar refractivity (Wildman–Crippen MR) is 68.2 cm³/mol. The highest BCUT2D eigenvalue weighted by Gasteiger charge is 2.01. The molecule has 0 fully saturated rings. The van der Waals surface area contributed by atoms with Gasteiger partial charge in [-0.25, -0.2) is 0 Å². The molecule has 1 aliphatic rings. The summed E-state index contributed by atoms with van der Waals surface area (Å²) in [6.45, 7) is 0.273. The highest BCUT2D eigenvalue weighted by Crippen LogP contribution is 2.21. The van der Waals surface area contributed by atoms with Gasteiger partial charge in [-0.15, -0.1) is 0 Å². The Balaban J connectivity index is 2.07. The number of hydrogen-bond acceptors (Lipinski definition) is 1. The van der Waals surface area contributed by atoms with Crippen molar-refractivity contribution in [1.82, 2.24) is 0 Å². The minimum absolute atomic E-state index is 0.273. The van der Waals surface area contributed by atoms with Gasteiger partial charge in [-0.1, -0.05) is 42.5 Å². The van der Waals surface area contributed by atoms with Gasteiger partial charge in [-0.2, -0.15) is 0 Å². The van der Waals surface area contributed by atoms with Crippen molar-refractivity contribution >= 4 is 5.57 Å². The van der Waals surface area contributed by atoms with Crippen LogP contribution in [0.25, 0.3) is 5.57 Å². The van der Waals surface area contributed by atoms with E-state index in [0.717, 1.165) is 25.7 Å². The largest absolute Gasteiger partial charge is 0.396 e. The normalized spacial score (nSPS) is 14.9. The second kappa shape index (κ2) is 5.66. The van der Waals surface area contributed by atoms with E-state index in [2.05, 4.69) is 42.5 Å². The van der Waals surface area contributed by atoms with Crippen molar-refractivity contribution in [2.24, 2.45) is 0 Å². The van der Waals surface area contributed by atoms with E-state index < -0.39 is 0 Å². The van der Waals surface area contributed by atoms with Gasteiger partial charge in [0.15, 0.2) is 0 Å². The van der Waals surface area contributed by atoms with Gasteiger partial charge in [-0.05, 0) is 42.4 Å². The van der Waals surface area contributed by atoms with Crippen LogP contribution in [0.15, 0.2) is 42.5 Å². The standard InChI is InChI=1S/C15H18O/c16-12-4-5-13-8-10-15(11-9-13)14-6-2-1-3-7-14/h2,6-11,16H,1,3-5,12H2. The fourth-order valence-corrected chi connectivity index (χ4v) is 1.97. The van der Waals surface area contributed by atoms with Crippen LogP contribution in [0.1, 0.15) is 30.4 Å². The summed E-state index contributed by atoms with van der Waals surface area (Å²) >= 11 is 0. The van der Waals surface area contributed by atoms with Crippen molar-refractivity contribution in [2.75, 3.05) is 6.61 Å². The summed E-state index contributed by atoms with van der Waals surface area (Å²) < 4.78 is 0. The van der Waals surface area contributed by atoms with Crippen molar-refractivity contribution < 1.29 is 5.11 Å². The van der Waals surface area contributed by atoms with E-state index in [1.54, 1.807) is 0 Å². The van der Waals surface area contributed by atoms with Gasteiger partial charge < -0.3 is 5.11 Å². The summed E-state index contributed by atoms with van der Waals surface area (Å²) in [6.07, 6.45) is 10.9. The molecule has 0 aromatic heterocycles. The topological polar surface area (TPSA) is 20.2 Å². The monoisotopic (exact) mass is 214 g/mol. The lowest BCUT2D eigenvalue weighted by Gasteiger charge is -2.08. The number of rotatable bonds is 4. The molecule has 1 aromatic carbocycles. The van der Waals surface area contributed by atoms with Gasteiger partial charge in [-0.3, -0.25) is 0 Å². The Hall–Kier alpha value is -1.34. The zero-order chi connectivity index (χ0) is 11.2. The highest BCUT2D eigenvalue weighted by atomic mass is 16.2. The van der Waals surface area contributed by atoms with Crippen molar-refractivity contribution in [3.05, 3.63) is 53.6 Å². The van der Waals surface area contributed by atoms with Gasteiger partial charge in [0.25, 0.3) is 0 Å². The number of aryl methyl sites for hydroxylation is 1. The molecule has 1 N–H and O–H groups in total. The maximum Gasteiger partial charge on any atom is 0.0434 e. The molecule has 0 unspecified atom stereocenters. The van der Waals surface area contributed by atoms with Gasteiger partial charge >= 0.3 is 0 Å². The molecule has 2 rings (SSSR count). The average molecular weight is 214 g/mol. The molecule has 0 radical (unpaired) electrons. The molecule has 84 valence electrons. The fourth-order valence-electron chi connectivity index (χ4n) is 1.97. The van der Waals surface area contributed by atoms with Crippen molar-refractivity contribution in [1.29, 1.82) is 0 Å². The lowest BCUT2D eigenvalue weighted by Crippen LogP contribution is -1.91. The SMILES string of the molecule is OCCCc1ccc(C2=CCCC=C2)cc1. The van der Waals surface area contributed by atoms with Crippen LogP contribution in [0.4, 0.5) is 0 Å². The van der Waals surface area contributed by atoms with Gasteiger partial charge in [0, 0.05) is 6.61 Å². The minimum Gasteiger partial charge on any atom is -0.396 e. The maximum atomic E-state index is 8.77. The predicted octanol–water partition coefficient (Wildman–Crippen LogP) is 3.34. The second-order valence-electron chi connectivity index (χ2n) is 4.16. The van der Waals surface area contributed by atoms with E-state index in [9.17, 15) is 0 Å². The Morgan fingerprint density at radius 3 is 2.50 bits per heavy atom. The van der Waals surface area contributed by atoms with Crippen LogP contribution >= 0.6 is 0 Å². The molecule has 1 nitrogen and oxygen atoms in total. The molecule has 0 amide bonds. The first-order valence-corrected chi connectivity index (χ1v) is 5.97. The van der Waals surface area contributed by atoms with Crippen LogP contribution in [-0.2, 0) is 6.42 Å². The Kier molecular flexibility index (Phi) is 3.95. The number of hydrogen-bond donors (Lipinski definition) is 1. The quantitative estimate of drug-likeness (QED) is 0.815. The first-order chi connectivity index (χ1) is 7.90. The van der Waals surface area contributed by atoms with Crippen LogP contribution in [0.5, 0.6) is 0 Å². The number of aliphatic hydroxyl groups excluding tert-OH is 1. The summed E-state index contributed by atoms with van der Waals surface area (Å²) in [5.41, 5.74) is 3.93. The first-order valence-electron chi connectivity index (χ1n) is 5.97. The molecule has 0 aliphatic heterocycles. The van der Waals surface area contributed by atoms with Gasteiger partial charge in [0.1, 0.15) is 0 Å². The first kappa shape index (κ1) is 11.2. The third-order valence-electron chi connectivity index (χ3n) is 2.91. The molecule has 0 heterocycles. The number of aliphatic hydroxyl groups is 1. The van der Waals surface area contributed by atoms with E-state index in [1.807, 2.05) is 0 Å². The maximum absolute atomic E-state index is 8.77. The Morgan fingerprint density at radius 1 is 1.06 bits per heavy atom. The van der Waals surface area contributed by atoms with E-state index in [1.165, 1.54) is 16.7 Å². The van der Waals surface area contributed by atoms with Crippen molar-refractivity contribution in [3.8, 4) is 0 Å². The molecule has 0 saturated carbocycles. The molecule has 1 heteroatoms. The zero-order valence-corrected chi connectivity index (χ0v) is 9.52. The molecule has 0 bridgehead atoms. The summed E-state index contributed by atoms with van der Waals surface area (Å²) in [5, 5.41) is 8.77. The molecule has 0 atom stereocenters. The minimum atomic E-state index is 0.273. The summed E-state index contributed by atoms with van der Waals surface area (Å²) in [4.78, 5) is 0. The summed E-state index contributed by atoms with van der Waals surface area (Å²) in [6, 6.07) is 8.67. The lowest BCUT2D eigenvalue weighted by molar-refractivity contribution is 0.288. The Bertz CT molecular complexity index is 384. The van der Waals surface area contributed by atoms with Gasteiger partial charge in [0.2, 0.25) is 0 Å². The molecular weight excluding hydrogens is 196 g/mol.